The summed E-state index contributed by atoms with van der Waals surface area (Å²) in [6.07, 6.45) is 4.12. The fourth-order valence-electron chi connectivity index (χ4n) is 2.79. The minimum Gasteiger partial charge on any atom is -0.378 e. The summed E-state index contributed by atoms with van der Waals surface area (Å²) < 4.78 is 0. The van der Waals surface area contributed by atoms with E-state index in [9.17, 15) is 10.5 Å². The standard InChI is InChI=1S/C24H19N3S/c1-27(2)21-11-8-18(9-12-21)10-13-22-14-15-23(28-22)24(20(16-25)17-26)19-6-4-3-5-7-19/h3-15H,1-2H3/b13-10+. The average molecular weight is 382 g/mol. The molecule has 1 aromatic heterocycles. The topological polar surface area (TPSA) is 50.8 Å². The highest BCUT2D eigenvalue weighted by molar-refractivity contribution is 7.14. The number of nitriles is 2. The lowest BCUT2D eigenvalue weighted by atomic mass is 9.99. The maximum atomic E-state index is 9.40. The summed E-state index contributed by atoms with van der Waals surface area (Å²) >= 11 is 1.57. The van der Waals surface area contributed by atoms with Crippen LogP contribution in [0.15, 0.2) is 72.3 Å². The summed E-state index contributed by atoms with van der Waals surface area (Å²) in [6, 6.07) is 26.0. The first-order valence-electron chi connectivity index (χ1n) is 8.78. The van der Waals surface area contributed by atoms with Crippen molar-refractivity contribution in [3.63, 3.8) is 0 Å². The van der Waals surface area contributed by atoms with Crippen molar-refractivity contribution in [1.82, 2.24) is 0 Å². The Kier molecular flexibility index (Phi) is 6.07. The fraction of sp³-hybridized carbons (Fsp3) is 0.0833. The zero-order valence-corrected chi connectivity index (χ0v) is 16.6. The first kappa shape index (κ1) is 19.2. The van der Waals surface area contributed by atoms with Gasteiger partial charge in [-0.25, -0.2) is 0 Å². The van der Waals surface area contributed by atoms with Gasteiger partial charge in [0.1, 0.15) is 17.7 Å². The van der Waals surface area contributed by atoms with Gasteiger partial charge in [-0.2, -0.15) is 10.5 Å². The van der Waals surface area contributed by atoms with Gasteiger partial charge in [0.25, 0.3) is 0 Å². The zero-order chi connectivity index (χ0) is 19.9. The number of rotatable bonds is 5. The van der Waals surface area contributed by atoms with Crippen molar-refractivity contribution in [2.45, 2.75) is 0 Å². The normalized spacial score (nSPS) is 10.3. The van der Waals surface area contributed by atoms with Crippen LogP contribution in [0.2, 0.25) is 0 Å². The molecule has 0 radical (unpaired) electrons. The Morgan fingerprint density at radius 2 is 1.54 bits per heavy atom. The molecule has 3 nitrogen and oxygen atoms in total. The largest absolute Gasteiger partial charge is 0.378 e. The molecule has 0 aliphatic rings. The molecule has 3 rings (SSSR count). The number of hydrogen-bond acceptors (Lipinski definition) is 4. The van der Waals surface area contributed by atoms with E-state index in [1.54, 1.807) is 11.3 Å². The van der Waals surface area contributed by atoms with Crippen molar-refractivity contribution in [1.29, 1.82) is 10.5 Å². The van der Waals surface area contributed by atoms with E-state index < -0.39 is 0 Å². The lowest BCUT2D eigenvalue weighted by Gasteiger charge is -2.11. The second-order valence-corrected chi connectivity index (χ2v) is 7.48. The van der Waals surface area contributed by atoms with Gasteiger partial charge in [0.15, 0.2) is 0 Å². The Labute approximate surface area is 169 Å². The Bertz CT molecular complexity index is 1070. The van der Waals surface area contributed by atoms with Crippen molar-refractivity contribution >= 4 is 34.7 Å². The van der Waals surface area contributed by atoms with Crippen LogP contribution >= 0.6 is 11.3 Å². The van der Waals surface area contributed by atoms with Gasteiger partial charge in [0.2, 0.25) is 0 Å². The molecule has 0 atom stereocenters. The molecule has 0 bridgehead atoms. The molecular formula is C24H19N3S. The molecule has 0 N–H and O–H groups in total. The number of thiophene rings is 1. The van der Waals surface area contributed by atoms with Crippen molar-refractivity contribution in [3.8, 4) is 12.1 Å². The highest BCUT2D eigenvalue weighted by atomic mass is 32.1. The van der Waals surface area contributed by atoms with Gasteiger partial charge in [0.05, 0.1) is 0 Å². The second-order valence-electron chi connectivity index (χ2n) is 6.36. The molecule has 3 aromatic rings. The quantitative estimate of drug-likeness (QED) is 0.522. The molecule has 0 aliphatic carbocycles. The Morgan fingerprint density at radius 1 is 0.857 bits per heavy atom. The molecular weight excluding hydrogens is 362 g/mol. The number of nitrogens with zero attached hydrogens (tertiary/aromatic N) is 3. The zero-order valence-electron chi connectivity index (χ0n) is 15.8. The van der Waals surface area contributed by atoms with Crippen LogP contribution in [0, 0.1) is 22.7 Å². The smallest absolute Gasteiger partial charge is 0.138 e. The van der Waals surface area contributed by atoms with Crippen LogP contribution in [0.5, 0.6) is 0 Å². The number of anilines is 1. The highest BCUT2D eigenvalue weighted by Crippen LogP contribution is 2.32. The van der Waals surface area contributed by atoms with E-state index >= 15 is 0 Å². The maximum absolute atomic E-state index is 9.40. The predicted molar refractivity (Wildman–Crippen MR) is 118 cm³/mol. The molecule has 1 heterocycles. The summed E-state index contributed by atoms with van der Waals surface area (Å²) in [6.45, 7) is 0. The lowest BCUT2D eigenvalue weighted by molar-refractivity contribution is 1.13. The van der Waals surface area contributed by atoms with Gasteiger partial charge in [-0.15, -0.1) is 11.3 Å². The van der Waals surface area contributed by atoms with Crippen molar-refractivity contribution in [2.75, 3.05) is 19.0 Å². The molecule has 0 aliphatic heterocycles. The average Bonchev–Trinajstić information content (AvgIpc) is 3.19. The van der Waals surface area contributed by atoms with Crippen LogP contribution in [0.25, 0.3) is 17.7 Å². The van der Waals surface area contributed by atoms with E-state index in [4.69, 9.17) is 0 Å². The molecule has 0 saturated carbocycles. The molecule has 0 fully saturated rings. The molecule has 0 saturated heterocycles. The van der Waals surface area contributed by atoms with Crippen molar-refractivity contribution in [2.24, 2.45) is 0 Å². The molecule has 28 heavy (non-hydrogen) atoms. The lowest BCUT2D eigenvalue weighted by Crippen LogP contribution is -2.07. The summed E-state index contributed by atoms with van der Waals surface area (Å²) in [4.78, 5) is 4.04. The van der Waals surface area contributed by atoms with E-state index in [-0.39, 0.29) is 5.57 Å². The van der Waals surface area contributed by atoms with Crippen molar-refractivity contribution in [3.05, 3.63) is 93.2 Å². The van der Waals surface area contributed by atoms with Gasteiger partial charge in [-0.1, -0.05) is 48.5 Å². The Hall–Kier alpha value is -3.60. The molecule has 0 unspecified atom stereocenters. The highest BCUT2D eigenvalue weighted by Gasteiger charge is 2.13. The van der Waals surface area contributed by atoms with Gasteiger partial charge in [0, 0.05) is 35.1 Å². The van der Waals surface area contributed by atoms with Crippen LogP contribution in [0.4, 0.5) is 5.69 Å². The van der Waals surface area contributed by atoms with Crippen LogP contribution in [0.3, 0.4) is 0 Å². The monoisotopic (exact) mass is 381 g/mol. The summed E-state index contributed by atoms with van der Waals surface area (Å²) in [7, 11) is 4.04. The first-order chi connectivity index (χ1) is 13.6. The summed E-state index contributed by atoms with van der Waals surface area (Å²) in [5, 5.41) is 18.8. The minimum atomic E-state index is 0.128. The van der Waals surface area contributed by atoms with E-state index in [1.165, 1.54) is 0 Å². The third-order valence-electron chi connectivity index (χ3n) is 4.26. The Morgan fingerprint density at radius 3 is 2.14 bits per heavy atom. The minimum absolute atomic E-state index is 0.128. The van der Waals surface area contributed by atoms with Crippen molar-refractivity contribution < 1.29 is 0 Å². The van der Waals surface area contributed by atoms with Gasteiger partial charge >= 0.3 is 0 Å². The SMILES string of the molecule is CN(C)c1ccc(/C=C/c2ccc(C(=C(C#N)C#N)c3ccccc3)s2)cc1. The van der Waals surface area contributed by atoms with E-state index in [0.717, 1.165) is 26.6 Å². The number of allylic oxidation sites excluding steroid dienone is 1. The number of hydrogen-bond donors (Lipinski definition) is 0. The molecule has 4 heteroatoms. The summed E-state index contributed by atoms with van der Waals surface area (Å²) in [5.41, 5.74) is 3.97. The molecule has 136 valence electrons. The predicted octanol–water partition coefficient (Wildman–Crippen LogP) is 5.83. The first-order valence-corrected chi connectivity index (χ1v) is 9.59. The van der Waals surface area contributed by atoms with E-state index in [0.29, 0.717) is 5.57 Å². The fourth-order valence-corrected chi connectivity index (χ4v) is 3.77. The Balaban J connectivity index is 1.90. The van der Waals surface area contributed by atoms with Crippen LogP contribution in [-0.2, 0) is 0 Å². The van der Waals surface area contributed by atoms with Crippen LogP contribution in [-0.4, -0.2) is 14.1 Å². The molecule has 0 amide bonds. The third-order valence-corrected chi connectivity index (χ3v) is 5.33. The van der Waals surface area contributed by atoms with Gasteiger partial charge < -0.3 is 4.90 Å². The maximum Gasteiger partial charge on any atom is 0.138 e. The second kappa shape index (κ2) is 8.86. The summed E-state index contributed by atoms with van der Waals surface area (Å²) in [5.74, 6) is 0. The van der Waals surface area contributed by atoms with E-state index in [1.807, 2.05) is 68.7 Å². The van der Waals surface area contributed by atoms with Gasteiger partial charge in [-0.05, 0) is 41.5 Å². The van der Waals surface area contributed by atoms with E-state index in [2.05, 4.69) is 41.3 Å². The van der Waals surface area contributed by atoms with Crippen LogP contribution < -0.4 is 4.90 Å². The van der Waals surface area contributed by atoms with Crippen LogP contribution in [0.1, 0.15) is 20.9 Å². The number of benzene rings is 2. The molecule has 2 aromatic carbocycles. The molecule has 0 spiro atoms. The van der Waals surface area contributed by atoms with Gasteiger partial charge in [-0.3, -0.25) is 0 Å². The third kappa shape index (κ3) is 4.38.